The van der Waals surface area contributed by atoms with Crippen molar-refractivity contribution in [1.82, 2.24) is 14.5 Å². The molecule has 3 aromatic carbocycles. The molecule has 9 heteroatoms. The maximum absolute atomic E-state index is 15.5. The molecular formula is C33H26F2N4O3. The summed E-state index contributed by atoms with van der Waals surface area (Å²) in [7, 11) is 0. The Morgan fingerprint density at radius 3 is 2.55 bits per heavy atom. The Morgan fingerprint density at radius 1 is 1.05 bits per heavy atom. The van der Waals surface area contributed by atoms with E-state index in [9.17, 15) is 14.3 Å². The van der Waals surface area contributed by atoms with Crippen molar-refractivity contribution in [1.29, 1.82) is 5.26 Å². The molecule has 2 heterocycles. The lowest BCUT2D eigenvalue weighted by atomic mass is 10.0. The van der Waals surface area contributed by atoms with Crippen LogP contribution < -0.4 is 4.74 Å². The Hall–Kier alpha value is -5.10. The highest BCUT2D eigenvalue weighted by molar-refractivity contribution is 5.92. The second-order valence-corrected chi connectivity index (χ2v) is 10.5. The number of halogens is 2. The van der Waals surface area contributed by atoms with Gasteiger partial charge in [0.05, 0.1) is 33.9 Å². The predicted octanol–water partition coefficient (Wildman–Crippen LogP) is 7.09. The highest BCUT2D eigenvalue weighted by Crippen LogP contribution is 2.41. The second-order valence-electron chi connectivity index (χ2n) is 10.5. The molecular weight excluding hydrogens is 538 g/mol. The number of imidazole rings is 1. The van der Waals surface area contributed by atoms with Crippen molar-refractivity contribution < 1.29 is 23.4 Å². The number of pyridine rings is 1. The van der Waals surface area contributed by atoms with E-state index in [1.807, 2.05) is 6.07 Å². The van der Waals surface area contributed by atoms with Crippen molar-refractivity contribution in [2.45, 2.75) is 38.8 Å². The summed E-state index contributed by atoms with van der Waals surface area (Å²) < 4.78 is 37.4. The number of rotatable bonds is 9. The van der Waals surface area contributed by atoms with E-state index in [1.165, 1.54) is 24.3 Å². The molecule has 1 atom stereocenters. The van der Waals surface area contributed by atoms with E-state index in [4.69, 9.17) is 15.0 Å². The van der Waals surface area contributed by atoms with Crippen LogP contribution in [0, 0.1) is 28.9 Å². The van der Waals surface area contributed by atoms with Crippen LogP contribution >= 0.6 is 0 Å². The molecule has 6 rings (SSSR count). The molecule has 1 aliphatic rings. The van der Waals surface area contributed by atoms with Crippen LogP contribution in [-0.2, 0) is 13.0 Å². The van der Waals surface area contributed by atoms with Crippen LogP contribution in [0.15, 0.2) is 72.8 Å². The number of nitrogens with zero attached hydrogens (tertiary/aromatic N) is 4. The summed E-state index contributed by atoms with van der Waals surface area (Å²) in [6, 6.07) is 21.1. The molecule has 2 aromatic heterocycles. The Labute approximate surface area is 240 Å². The fraction of sp³-hybridized carbons (Fsp3) is 0.212. The number of fused-ring (bicyclic) bond motifs is 1. The number of hydrogen-bond acceptors (Lipinski definition) is 5. The molecule has 210 valence electrons. The Bertz CT molecular complexity index is 1870. The van der Waals surface area contributed by atoms with E-state index in [0.717, 1.165) is 24.4 Å². The standard InChI is InChI=1S/C33H26F2N4O3/c1-19(21-7-8-21)39-30-15-24(33(40)41)11-12-29(30)37-31(39)16-22-9-10-23(14-27(22)35)28-3-2-4-32(38-28)42-18-25-6-5-20(17-36)13-26(25)34/h2-6,9-15,19,21H,7-8,16,18H2,1H3,(H,40,41)/t19-/m1/s1. The van der Waals surface area contributed by atoms with Gasteiger partial charge in [-0.05, 0) is 73.7 Å². The largest absolute Gasteiger partial charge is 0.478 e. The van der Waals surface area contributed by atoms with Crippen molar-refractivity contribution in [3.05, 3.63) is 113 Å². The van der Waals surface area contributed by atoms with Gasteiger partial charge in [-0.25, -0.2) is 23.5 Å². The van der Waals surface area contributed by atoms with Crippen molar-refractivity contribution in [2.24, 2.45) is 5.92 Å². The van der Waals surface area contributed by atoms with Crippen molar-refractivity contribution >= 4 is 17.0 Å². The summed E-state index contributed by atoms with van der Waals surface area (Å²) in [5, 5.41) is 18.4. The monoisotopic (exact) mass is 564 g/mol. The van der Waals surface area contributed by atoms with Gasteiger partial charge in [-0.3, -0.25) is 0 Å². The fourth-order valence-electron chi connectivity index (χ4n) is 5.21. The van der Waals surface area contributed by atoms with E-state index in [1.54, 1.807) is 42.5 Å². The first kappa shape index (κ1) is 27.1. The third kappa shape index (κ3) is 5.44. The molecule has 0 amide bonds. The predicted molar refractivity (Wildman–Crippen MR) is 152 cm³/mol. The molecule has 1 fully saturated rings. The second kappa shape index (κ2) is 11.1. The first-order chi connectivity index (χ1) is 20.3. The van der Waals surface area contributed by atoms with Crippen LogP contribution in [-0.4, -0.2) is 25.6 Å². The smallest absolute Gasteiger partial charge is 0.335 e. The number of carboxylic acids is 1. The van der Waals surface area contributed by atoms with Crippen LogP contribution in [0.25, 0.3) is 22.3 Å². The number of aromatic nitrogens is 3. The van der Waals surface area contributed by atoms with E-state index in [0.29, 0.717) is 34.1 Å². The molecule has 1 saturated carbocycles. The van der Waals surface area contributed by atoms with Gasteiger partial charge in [-0.2, -0.15) is 5.26 Å². The number of benzene rings is 3. The maximum atomic E-state index is 15.5. The van der Waals surface area contributed by atoms with Gasteiger partial charge in [0.25, 0.3) is 0 Å². The summed E-state index contributed by atoms with van der Waals surface area (Å²) in [6.45, 7) is 2.03. The molecule has 5 aromatic rings. The van der Waals surface area contributed by atoms with E-state index in [-0.39, 0.29) is 41.6 Å². The molecule has 0 aliphatic heterocycles. The summed E-state index contributed by atoms with van der Waals surface area (Å²) in [4.78, 5) is 20.8. The van der Waals surface area contributed by atoms with Gasteiger partial charge >= 0.3 is 5.97 Å². The zero-order valence-electron chi connectivity index (χ0n) is 22.7. The number of carbonyl (C=O) groups is 1. The first-order valence-electron chi connectivity index (χ1n) is 13.6. The zero-order chi connectivity index (χ0) is 29.4. The molecule has 7 nitrogen and oxygen atoms in total. The first-order valence-corrected chi connectivity index (χ1v) is 13.6. The van der Waals surface area contributed by atoms with E-state index >= 15 is 4.39 Å². The van der Waals surface area contributed by atoms with Crippen molar-refractivity contribution in [3.8, 4) is 23.2 Å². The van der Waals surface area contributed by atoms with Gasteiger partial charge in [0.1, 0.15) is 24.1 Å². The Morgan fingerprint density at radius 2 is 1.83 bits per heavy atom. The molecule has 1 N–H and O–H groups in total. The number of carboxylic acid groups (broad SMARTS) is 1. The summed E-state index contributed by atoms with van der Waals surface area (Å²) in [5.41, 5.74) is 3.63. The van der Waals surface area contributed by atoms with Crippen molar-refractivity contribution in [2.75, 3.05) is 0 Å². The fourth-order valence-corrected chi connectivity index (χ4v) is 5.21. The number of aromatic carboxylic acids is 1. The third-order valence-electron chi connectivity index (χ3n) is 7.70. The van der Waals surface area contributed by atoms with Gasteiger partial charge in [0.2, 0.25) is 5.88 Å². The highest BCUT2D eigenvalue weighted by atomic mass is 19.1. The summed E-state index contributed by atoms with van der Waals surface area (Å²) >= 11 is 0. The molecule has 42 heavy (non-hydrogen) atoms. The van der Waals surface area contributed by atoms with Gasteiger partial charge < -0.3 is 14.4 Å². The van der Waals surface area contributed by atoms with Gasteiger partial charge in [-0.1, -0.05) is 24.3 Å². The lowest BCUT2D eigenvalue weighted by Crippen LogP contribution is -2.12. The minimum absolute atomic E-state index is 0.0739. The van der Waals surface area contributed by atoms with Gasteiger partial charge in [-0.15, -0.1) is 0 Å². The minimum atomic E-state index is -1.00. The average Bonchev–Trinajstić information content (AvgIpc) is 3.78. The van der Waals surface area contributed by atoms with Crippen LogP contribution in [0.5, 0.6) is 5.88 Å². The van der Waals surface area contributed by atoms with Gasteiger partial charge in [0.15, 0.2) is 0 Å². The van der Waals surface area contributed by atoms with Crippen LogP contribution in [0.2, 0.25) is 0 Å². The summed E-state index contributed by atoms with van der Waals surface area (Å²) in [6.07, 6.45) is 2.44. The highest BCUT2D eigenvalue weighted by Gasteiger charge is 2.32. The maximum Gasteiger partial charge on any atom is 0.335 e. The molecule has 0 unspecified atom stereocenters. The zero-order valence-corrected chi connectivity index (χ0v) is 22.7. The van der Waals surface area contributed by atoms with Crippen LogP contribution in [0.1, 0.15) is 58.7 Å². The minimum Gasteiger partial charge on any atom is -0.478 e. The third-order valence-corrected chi connectivity index (χ3v) is 7.70. The number of nitriles is 1. The van der Waals surface area contributed by atoms with Crippen LogP contribution in [0.3, 0.4) is 0 Å². The molecule has 1 aliphatic carbocycles. The summed E-state index contributed by atoms with van der Waals surface area (Å²) in [5.74, 6) is -0.534. The normalized spacial score (nSPS) is 13.6. The SMILES string of the molecule is C[C@H](C1CC1)n1c(Cc2ccc(-c3cccc(OCc4ccc(C#N)cc4F)n3)cc2F)nc2ccc(C(=O)O)cc21. The van der Waals surface area contributed by atoms with E-state index in [2.05, 4.69) is 16.5 Å². The molecule has 0 spiro atoms. The molecule has 0 saturated heterocycles. The lowest BCUT2D eigenvalue weighted by Gasteiger charge is -2.18. The van der Waals surface area contributed by atoms with E-state index < -0.39 is 17.6 Å². The van der Waals surface area contributed by atoms with Crippen molar-refractivity contribution in [3.63, 3.8) is 0 Å². The number of hydrogen-bond donors (Lipinski definition) is 1. The van der Waals surface area contributed by atoms with Gasteiger partial charge in [0, 0.05) is 29.7 Å². The molecule has 0 radical (unpaired) electrons. The Kier molecular flexibility index (Phi) is 7.13. The number of ether oxygens (including phenoxy) is 1. The topological polar surface area (TPSA) is 101 Å². The molecule has 0 bridgehead atoms. The lowest BCUT2D eigenvalue weighted by molar-refractivity contribution is 0.0697. The van der Waals surface area contributed by atoms with Crippen LogP contribution in [0.4, 0.5) is 8.78 Å². The quantitative estimate of drug-likeness (QED) is 0.205. The average molecular weight is 565 g/mol. The Balaban J connectivity index is 1.24.